The standard InChI is InChI=1S/C22H26N6O3/c1-13(2)19-25-24-18(27(19)3)12-23-20(29)14-7-6-8-15(11-14)26-28-21(30)16-9-4-5-10-17(16)22(28)31/h4-8,11,13,16-17,26H,9-10,12H2,1-3H3,(H,23,29)/t16-,17+. The summed E-state index contributed by atoms with van der Waals surface area (Å²) in [6.45, 7) is 4.31. The summed E-state index contributed by atoms with van der Waals surface area (Å²) in [5.74, 6) is 0.407. The lowest BCUT2D eigenvalue weighted by molar-refractivity contribution is -0.138. The maximum atomic E-state index is 12.6. The van der Waals surface area contributed by atoms with E-state index in [0.29, 0.717) is 29.9 Å². The van der Waals surface area contributed by atoms with Crippen LogP contribution in [0.5, 0.6) is 0 Å². The summed E-state index contributed by atoms with van der Waals surface area (Å²) in [4.78, 5) is 37.9. The molecule has 31 heavy (non-hydrogen) atoms. The smallest absolute Gasteiger partial charge is 0.252 e. The molecule has 1 aliphatic heterocycles. The average Bonchev–Trinajstić information content (AvgIpc) is 3.25. The van der Waals surface area contributed by atoms with Crippen molar-refractivity contribution in [1.82, 2.24) is 25.1 Å². The van der Waals surface area contributed by atoms with Crippen LogP contribution in [0.1, 0.15) is 54.6 Å². The minimum Gasteiger partial charge on any atom is -0.345 e. The molecular weight excluding hydrogens is 396 g/mol. The van der Waals surface area contributed by atoms with Crippen LogP contribution in [-0.2, 0) is 23.2 Å². The number of carbonyl (C=O) groups excluding carboxylic acids is 3. The number of rotatable bonds is 6. The number of anilines is 1. The number of benzene rings is 1. The molecule has 0 radical (unpaired) electrons. The topological polar surface area (TPSA) is 109 Å². The number of nitrogens with one attached hydrogen (secondary N) is 2. The molecule has 0 unspecified atom stereocenters. The van der Waals surface area contributed by atoms with Gasteiger partial charge < -0.3 is 9.88 Å². The molecular formula is C22H26N6O3. The maximum Gasteiger partial charge on any atom is 0.252 e. The SMILES string of the molecule is CC(C)c1nnc(CNC(=O)c2cccc(NN3C(=O)[C@H]4CC=CC[C@H]4C3=O)c2)n1C. The molecule has 9 nitrogen and oxygen atoms in total. The maximum absolute atomic E-state index is 12.6. The Kier molecular flexibility index (Phi) is 5.58. The van der Waals surface area contributed by atoms with Crippen molar-refractivity contribution < 1.29 is 14.4 Å². The van der Waals surface area contributed by atoms with Crippen LogP contribution >= 0.6 is 0 Å². The normalized spacial score (nSPS) is 20.3. The van der Waals surface area contributed by atoms with Gasteiger partial charge in [0.15, 0.2) is 5.82 Å². The van der Waals surface area contributed by atoms with Gasteiger partial charge in [-0.1, -0.05) is 32.1 Å². The summed E-state index contributed by atoms with van der Waals surface area (Å²) in [7, 11) is 1.87. The summed E-state index contributed by atoms with van der Waals surface area (Å²) < 4.78 is 1.88. The predicted molar refractivity (Wildman–Crippen MR) is 114 cm³/mol. The highest BCUT2D eigenvalue weighted by atomic mass is 16.2. The summed E-state index contributed by atoms with van der Waals surface area (Å²) in [6, 6.07) is 6.71. The van der Waals surface area contributed by atoms with E-state index in [2.05, 4.69) is 20.9 Å². The van der Waals surface area contributed by atoms with E-state index in [0.717, 1.165) is 10.8 Å². The second kappa shape index (κ2) is 8.33. The first kappa shape index (κ1) is 20.8. The Bertz CT molecular complexity index is 1030. The second-order valence-electron chi connectivity index (χ2n) is 8.23. The molecule has 4 rings (SSSR count). The van der Waals surface area contributed by atoms with Crippen LogP contribution < -0.4 is 10.7 Å². The molecule has 2 atom stereocenters. The quantitative estimate of drug-likeness (QED) is 0.545. The number of imide groups is 1. The van der Waals surface area contributed by atoms with Crippen molar-refractivity contribution in [3.05, 3.63) is 53.6 Å². The summed E-state index contributed by atoms with van der Waals surface area (Å²) in [5, 5.41) is 12.2. The minimum atomic E-state index is -0.307. The summed E-state index contributed by atoms with van der Waals surface area (Å²) >= 11 is 0. The average molecular weight is 422 g/mol. The van der Waals surface area contributed by atoms with Crippen molar-refractivity contribution in [2.45, 2.75) is 39.2 Å². The molecule has 1 aromatic carbocycles. The first-order chi connectivity index (χ1) is 14.9. The minimum absolute atomic E-state index is 0.225. The van der Waals surface area contributed by atoms with Crippen LogP contribution in [0, 0.1) is 11.8 Å². The molecule has 0 saturated carbocycles. The van der Waals surface area contributed by atoms with E-state index in [9.17, 15) is 14.4 Å². The Labute approximate surface area is 180 Å². The Morgan fingerprint density at radius 1 is 1.13 bits per heavy atom. The van der Waals surface area contributed by atoms with E-state index in [1.165, 1.54) is 0 Å². The van der Waals surface area contributed by atoms with Gasteiger partial charge in [0.1, 0.15) is 5.82 Å². The molecule has 1 aromatic heterocycles. The molecule has 3 amide bonds. The van der Waals surface area contributed by atoms with E-state index >= 15 is 0 Å². The Morgan fingerprint density at radius 2 is 1.81 bits per heavy atom. The summed E-state index contributed by atoms with van der Waals surface area (Å²) in [6.07, 6.45) is 5.05. The van der Waals surface area contributed by atoms with E-state index in [-0.39, 0.29) is 42.0 Å². The molecule has 9 heteroatoms. The lowest BCUT2D eigenvalue weighted by Gasteiger charge is -2.17. The number of hydrazine groups is 1. The van der Waals surface area contributed by atoms with Crippen LogP contribution in [0.15, 0.2) is 36.4 Å². The third kappa shape index (κ3) is 3.95. The van der Waals surface area contributed by atoms with Gasteiger partial charge in [-0.25, -0.2) is 0 Å². The van der Waals surface area contributed by atoms with E-state index in [1.807, 2.05) is 37.6 Å². The second-order valence-corrected chi connectivity index (χ2v) is 8.23. The molecule has 2 aliphatic rings. The zero-order valence-electron chi connectivity index (χ0n) is 17.8. The van der Waals surface area contributed by atoms with E-state index < -0.39 is 0 Å². The van der Waals surface area contributed by atoms with Crippen molar-refractivity contribution >= 4 is 23.4 Å². The third-order valence-corrected chi connectivity index (χ3v) is 5.80. The number of aromatic nitrogens is 3. The highest BCUT2D eigenvalue weighted by molar-refractivity contribution is 6.06. The monoisotopic (exact) mass is 422 g/mol. The molecule has 162 valence electrons. The number of allylic oxidation sites excluding steroid dienone is 2. The van der Waals surface area contributed by atoms with Crippen LogP contribution in [0.4, 0.5) is 5.69 Å². The van der Waals surface area contributed by atoms with Crippen LogP contribution in [-0.4, -0.2) is 37.5 Å². The van der Waals surface area contributed by atoms with Gasteiger partial charge in [0.25, 0.3) is 17.7 Å². The van der Waals surface area contributed by atoms with Gasteiger partial charge in [-0.05, 0) is 31.0 Å². The van der Waals surface area contributed by atoms with Crippen molar-refractivity contribution in [3.8, 4) is 0 Å². The zero-order chi connectivity index (χ0) is 22.1. The fourth-order valence-electron chi connectivity index (χ4n) is 4.06. The van der Waals surface area contributed by atoms with Crippen molar-refractivity contribution in [2.24, 2.45) is 18.9 Å². The third-order valence-electron chi connectivity index (χ3n) is 5.80. The number of fused-ring (bicyclic) bond motifs is 1. The first-order valence-corrected chi connectivity index (χ1v) is 10.4. The molecule has 0 spiro atoms. The molecule has 1 fully saturated rings. The van der Waals surface area contributed by atoms with Gasteiger partial charge in [0, 0.05) is 18.5 Å². The highest BCUT2D eigenvalue weighted by Gasteiger charge is 2.47. The Morgan fingerprint density at radius 3 is 2.42 bits per heavy atom. The van der Waals surface area contributed by atoms with Crippen LogP contribution in [0.3, 0.4) is 0 Å². The van der Waals surface area contributed by atoms with Crippen molar-refractivity contribution in [2.75, 3.05) is 5.43 Å². The molecule has 1 aliphatic carbocycles. The molecule has 0 bridgehead atoms. The van der Waals surface area contributed by atoms with Gasteiger partial charge in [-0.3, -0.25) is 19.8 Å². The fourth-order valence-corrected chi connectivity index (χ4v) is 4.06. The lowest BCUT2D eigenvalue weighted by atomic mass is 9.85. The molecule has 2 heterocycles. The molecule has 1 saturated heterocycles. The predicted octanol–water partition coefficient (Wildman–Crippen LogP) is 2.15. The van der Waals surface area contributed by atoms with Gasteiger partial charge in [0.2, 0.25) is 0 Å². The Hall–Kier alpha value is -3.49. The highest BCUT2D eigenvalue weighted by Crippen LogP contribution is 2.35. The largest absolute Gasteiger partial charge is 0.345 e. The van der Waals surface area contributed by atoms with E-state index in [1.54, 1.807) is 24.3 Å². The summed E-state index contributed by atoms with van der Waals surface area (Å²) in [5.41, 5.74) is 3.80. The fraction of sp³-hybridized carbons (Fsp3) is 0.409. The number of nitrogens with zero attached hydrogens (tertiary/aromatic N) is 4. The lowest BCUT2D eigenvalue weighted by Crippen LogP contribution is -2.36. The van der Waals surface area contributed by atoms with Crippen molar-refractivity contribution in [1.29, 1.82) is 0 Å². The van der Waals surface area contributed by atoms with Gasteiger partial charge in [0.05, 0.1) is 24.1 Å². The number of hydrogen-bond acceptors (Lipinski definition) is 6. The van der Waals surface area contributed by atoms with E-state index in [4.69, 9.17) is 0 Å². The first-order valence-electron chi connectivity index (χ1n) is 10.4. The van der Waals surface area contributed by atoms with Gasteiger partial charge in [-0.2, -0.15) is 5.01 Å². The molecule has 2 aromatic rings. The van der Waals surface area contributed by atoms with Crippen LogP contribution in [0.25, 0.3) is 0 Å². The van der Waals surface area contributed by atoms with Gasteiger partial charge >= 0.3 is 0 Å². The zero-order valence-corrected chi connectivity index (χ0v) is 17.8. The number of amides is 3. The number of carbonyl (C=O) groups is 3. The molecule has 2 N–H and O–H groups in total. The van der Waals surface area contributed by atoms with Crippen molar-refractivity contribution in [3.63, 3.8) is 0 Å². The van der Waals surface area contributed by atoms with Gasteiger partial charge in [-0.15, -0.1) is 10.2 Å². The Balaban J connectivity index is 1.42. The number of hydrogen-bond donors (Lipinski definition) is 2. The van der Waals surface area contributed by atoms with Crippen LogP contribution in [0.2, 0.25) is 0 Å².